The van der Waals surface area contributed by atoms with Crippen LogP contribution in [0.5, 0.6) is 0 Å². The lowest BCUT2D eigenvalue weighted by molar-refractivity contribution is 0.210. The fraction of sp³-hybridized carbons (Fsp3) is 0.333. The van der Waals surface area contributed by atoms with Crippen LogP contribution in [-0.4, -0.2) is 30.5 Å². The first-order valence-corrected chi connectivity index (χ1v) is 7.52. The van der Waals surface area contributed by atoms with E-state index in [4.69, 9.17) is 5.73 Å². The monoisotopic (exact) mass is 300 g/mol. The number of benzene rings is 2. The van der Waals surface area contributed by atoms with Crippen LogP contribution in [-0.2, 0) is 5.41 Å². The average molecular weight is 300 g/mol. The maximum atomic E-state index is 9.59. The van der Waals surface area contributed by atoms with E-state index < -0.39 is 5.41 Å². The first-order valence-electron chi connectivity index (χ1n) is 7.52. The van der Waals surface area contributed by atoms with Crippen LogP contribution in [0.2, 0.25) is 0 Å². The molecule has 22 heavy (non-hydrogen) atoms. The van der Waals surface area contributed by atoms with Crippen molar-refractivity contribution < 1.29 is 10.2 Å². The molecule has 0 bridgehead atoms. The van der Waals surface area contributed by atoms with Crippen LogP contribution < -0.4 is 11.1 Å². The van der Waals surface area contributed by atoms with Gasteiger partial charge in [-0.3, -0.25) is 0 Å². The van der Waals surface area contributed by atoms with Crippen LogP contribution in [0.1, 0.15) is 24.0 Å². The molecule has 2 rings (SSSR count). The molecule has 0 fully saturated rings. The number of nitrogen functional groups attached to an aromatic ring is 1. The summed E-state index contributed by atoms with van der Waals surface area (Å²) in [6.45, 7) is 0.107. The fourth-order valence-corrected chi connectivity index (χ4v) is 3.01. The van der Waals surface area contributed by atoms with E-state index in [1.807, 2.05) is 55.6 Å². The molecule has 0 aliphatic rings. The Balaban J connectivity index is 2.53. The standard InChI is InChI=1S/C18H24N2O2/c1-20-17-8-4-15(5-9-17)18(10-12-21,11-13-22)14-2-6-16(19)7-3-14/h2-9,20-22H,10-13,19H2,1H3. The third-order valence-corrected chi connectivity index (χ3v) is 4.27. The maximum Gasteiger partial charge on any atom is 0.0442 e. The summed E-state index contributed by atoms with van der Waals surface area (Å²) in [6, 6.07) is 15.8. The van der Waals surface area contributed by atoms with E-state index in [1.165, 1.54) is 0 Å². The number of aliphatic hydroxyl groups is 2. The quantitative estimate of drug-likeness (QED) is 0.592. The van der Waals surface area contributed by atoms with Crippen LogP contribution in [0.3, 0.4) is 0 Å². The molecular weight excluding hydrogens is 276 g/mol. The number of hydrogen-bond acceptors (Lipinski definition) is 4. The molecule has 4 nitrogen and oxygen atoms in total. The lowest BCUT2D eigenvalue weighted by Gasteiger charge is -2.34. The topological polar surface area (TPSA) is 78.5 Å². The molecule has 0 radical (unpaired) electrons. The molecule has 0 aromatic heterocycles. The van der Waals surface area contributed by atoms with Crippen molar-refractivity contribution in [3.05, 3.63) is 59.7 Å². The predicted octanol–water partition coefficient (Wildman–Crippen LogP) is 2.36. The summed E-state index contributed by atoms with van der Waals surface area (Å²) in [7, 11) is 1.88. The summed E-state index contributed by atoms with van der Waals surface area (Å²) in [5, 5.41) is 22.3. The van der Waals surface area contributed by atoms with Crippen molar-refractivity contribution in [1.29, 1.82) is 0 Å². The Bertz CT molecular complexity index is 573. The van der Waals surface area contributed by atoms with Crippen LogP contribution >= 0.6 is 0 Å². The third kappa shape index (κ3) is 3.24. The van der Waals surface area contributed by atoms with Gasteiger partial charge in [-0.05, 0) is 48.2 Å². The second-order valence-electron chi connectivity index (χ2n) is 5.48. The average Bonchev–Trinajstić information content (AvgIpc) is 2.55. The van der Waals surface area contributed by atoms with Gasteiger partial charge in [0.2, 0.25) is 0 Å². The van der Waals surface area contributed by atoms with Crippen molar-refractivity contribution in [1.82, 2.24) is 0 Å². The lowest BCUT2D eigenvalue weighted by atomic mass is 9.70. The van der Waals surface area contributed by atoms with E-state index in [2.05, 4.69) is 5.32 Å². The van der Waals surface area contributed by atoms with Gasteiger partial charge < -0.3 is 21.3 Å². The second kappa shape index (κ2) is 7.29. The molecule has 0 saturated heterocycles. The van der Waals surface area contributed by atoms with E-state index in [-0.39, 0.29) is 13.2 Å². The van der Waals surface area contributed by atoms with Gasteiger partial charge in [-0.25, -0.2) is 0 Å². The van der Waals surface area contributed by atoms with E-state index in [0.29, 0.717) is 18.5 Å². The van der Waals surface area contributed by atoms with E-state index in [1.54, 1.807) is 0 Å². The third-order valence-electron chi connectivity index (χ3n) is 4.27. The van der Waals surface area contributed by atoms with Crippen molar-refractivity contribution in [3.8, 4) is 0 Å². The molecule has 0 saturated carbocycles. The Kier molecular flexibility index (Phi) is 5.41. The number of rotatable bonds is 7. The molecule has 0 aliphatic carbocycles. The van der Waals surface area contributed by atoms with E-state index in [9.17, 15) is 10.2 Å². The molecule has 0 amide bonds. The zero-order valence-electron chi connectivity index (χ0n) is 12.9. The lowest BCUT2D eigenvalue weighted by Crippen LogP contribution is -2.30. The number of nitrogens with one attached hydrogen (secondary N) is 1. The zero-order chi connectivity index (χ0) is 16.0. The largest absolute Gasteiger partial charge is 0.399 e. The molecule has 4 heteroatoms. The van der Waals surface area contributed by atoms with Crippen molar-refractivity contribution in [3.63, 3.8) is 0 Å². The molecular formula is C18H24N2O2. The minimum absolute atomic E-state index is 0.0537. The van der Waals surface area contributed by atoms with Gasteiger partial charge in [-0.15, -0.1) is 0 Å². The first kappa shape index (κ1) is 16.3. The van der Waals surface area contributed by atoms with Crippen LogP contribution in [0, 0.1) is 0 Å². The maximum absolute atomic E-state index is 9.59. The van der Waals surface area contributed by atoms with Gasteiger partial charge in [0.15, 0.2) is 0 Å². The Morgan fingerprint density at radius 2 is 1.32 bits per heavy atom. The van der Waals surface area contributed by atoms with Gasteiger partial charge in [0.1, 0.15) is 0 Å². The minimum Gasteiger partial charge on any atom is -0.399 e. The molecule has 118 valence electrons. The van der Waals surface area contributed by atoms with Gasteiger partial charge in [-0.2, -0.15) is 0 Å². The summed E-state index contributed by atoms with van der Waals surface area (Å²) in [5.41, 5.74) is 9.25. The highest BCUT2D eigenvalue weighted by molar-refractivity contribution is 5.50. The number of aliphatic hydroxyl groups excluding tert-OH is 2. The Morgan fingerprint density at radius 1 is 0.864 bits per heavy atom. The summed E-state index contributed by atoms with van der Waals surface area (Å²) in [6.07, 6.45) is 1.10. The highest BCUT2D eigenvalue weighted by Crippen LogP contribution is 2.39. The van der Waals surface area contributed by atoms with Crippen molar-refractivity contribution in [2.45, 2.75) is 18.3 Å². The molecule has 0 atom stereocenters. The number of anilines is 2. The van der Waals surface area contributed by atoms with Crippen molar-refractivity contribution in [2.24, 2.45) is 0 Å². The Hall–Kier alpha value is -2.04. The fourth-order valence-electron chi connectivity index (χ4n) is 3.01. The molecule has 0 heterocycles. The van der Waals surface area contributed by atoms with Crippen LogP contribution in [0.15, 0.2) is 48.5 Å². The predicted molar refractivity (Wildman–Crippen MR) is 91.0 cm³/mol. The highest BCUT2D eigenvalue weighted by atomic mass is 16.3. The van der Waals surface area contributed by atoms with E-state index >= 15 is 0 Å². The minimum atomic E-state index is -0.413. The van der Waals surface area contributed by atoms with E-state index in [0.717, 1.165) is 16.8 Å². The van der Waals surface area contributed by atoms with Gasteiger partial charge >= 0.3 is 0 Å². The van der Waals surface area contributed by atoms with Gasteiger partial charge in [0.25, 0.3) is 0 Å². The molecule has 0 spiro atoms. The molecule has 0 aliphatic heterocycles. The second-order valence-corrected chi connectivity index (χ2v) is 5.48. The summed E-state index contributed by atoms with van der Waals surface area (Å²) >= 11 is 0. The first-order chi connectivity index (χ1) is 10.7. The SMILES string of the molecule is CNc1ccc(C(CCO)(CCO)c2ccc(N)cc2)cc1. The van der Waals surface area contributed by atoms with Gasteiger partial charge in [0, 0.05) is 37.1 Å². The van der Waals surface area contributed by atoms with Crippen molar-refractivity contribution in [2.75, 3.05) is 31.3 Å². The molecule has 2 aromatic rings. The van der Waals surface area contributed by atoms with Crippen molar-refractivity contribution >= 4 is 11.4 Å². The Morgan fingerprint density at radius 3 is 1.73 bits per heavy atom. The van der Waals surface area contributed by atoms with Gasteiger partial charge in [-0.1, -0.05) is 24.3 Å². The number of hydrogen-bond donors (Lipinski definition) is 4. The zero-order valence-corrected chi connectivity index (χ0v) is 12.9. The Labute approximate surface area is 131 Å². The number of nitrogens with two attached hydrogens (primary N) is 1. The van der Waals surface area contributed by atoms with Crippen LogP contribution in [0.25, 0.3) is 0 Å². The summed E-state index contributed by atoms with van der Waals surface area (Å²) < 4.78 is 0. The normalized spacial score (nSPS) is 11.4. The molecule has 0 unspecified atom stereocenters. The van der Waals surface area contributed by atoms with Gasteiger partial charge in [0.05, 0.1) is 0 Å². The summed E-state index contributed by atoms with van der Waals surface area (Å²) in [4.78, 5) is 0. The molecule has 2 aromatic carbocycles. The smallest absolute Gasteiger partial charge is 0.0442 e. The summed E-state index contributed by atoms with van der Waals surface area (Å²) in [5.74, 6) is 0. The highest BCUT2D eigenvalue weighted by Gasteiger charge is 2.33. The molecule has 5 N–H and O–H groups in total. The van der Waals surface area contributed by atoms with Crippen LogP contribution in [0.4, 0.5) is 11.4 Å².